The van der Waals surface area contributed by atoms with Gasteiger partial charge in [0.05, 0.1) is 5.52 Å². The summed E-state index contributed by atoms with van der Waals surface area (Å²) in [5, 5.41) is 1.03. The summed E-state index contributed by atoms with van der Waals surface area (Å²) in [6.45, 7) is 5.65. The van der Waals surface area contributed by atoms with Gasteiger partial charge in [0.2, 0.25) is 0 Å². The summed E-state index contributed by atoms with van der Waals surface area (Å²) in [6.07, 6.45) is -4.84. The molecular formula is C23H27NO8. The molecule has 2 aromatic rings. The van der Waals surface area contributed by atoms with Crippen molar-refractivity contribution in [3.05, 3.63) is 41.6 Å². The Balaban J connectivity index is 1.99. The first-order chi connectivity index (χ1) is 15.2. The lowest BCUT2D eigenvalue weighted by Gasteiger charge is -2.44. The molecule has 0 unspecified atom stereocenters. The van der Waals surface area contributed by atoms with E-state index in [4.69, 9.17) is 28.7 Å². The minimum absolute atomic E-state index is 0.244. The van der Waals surface area contributed by atoms with Crippen molar-refractivity contribution in [3.8, 4) is 0 Å². The minimum atomic E-state index is -1.12. The Morgan fingerprint density at radius 2 is 1.53 bits per heavy atom. The lowest BCUT2D eigenvalue weighted by atomic mass is 9.94. The standard InChI is InChI=1S/C23H27NO8/c1-12-10-16(24-18-9-7-6-8-17(12)18)11-19-20(29-13(2)25)21(30-14(3)26)22(31-15(4)27)23(28-5)32-19/h6-10,19-23H,11H2,1-5H3/t19-,20-,21+,22-,23+/m1/s1. The molecule has 2 heterocycles. The summed E-state index contributed by atoms with van der Waals surface area (Å²) in [6, 6.07) is 9.67. The Bertz CT molecular complexity index is 1010. The molecule has 0 bridgehead atoms. The molecule has 1 aromatic carbocycles. The molecule has 1 fully saturated rings. The number of esters is 3. The Morgan fingerprint density at radius 1 is 0.938 bits per heavy atom. The van der Waals surface area contributed by atoms with E-state index < -0.39 is 48.6 Å². The fourth-order valence-electron chi connectivity index (χ4n) is 3.94. The van der Waals surface area contributed by atoms with Gasteiger partial charge >= 0.3 is 17.9 Å². The molecule has 0 spiro atoms. The van der Waals surface area contributed by atoms with E-state index in [-0.39, 0.29) is 6.42 Å². The maximum atomic E-state index is 11.9. The fourth-order valence-corrected chi connectivity index (χ4v) is 3.94. The summed E-state index contributed by atoms with van der Waals surface area (Å²) < 4.78 is 27.7. The van der Waals surface area contributed by atoms with Crippen LogP contribution in [0, 0.1) is 6.92 Å². The SMILES string of the molecule is CO[C@H]1O[C@H](Cc2cc(C)c3ccccc3n2)[C@@H](OC(C)=O)[C@H](OC(C)=O)[C@H]1OC(C)=O. The number of benzene rings is 1. The minimum Gasteiger partial charge on any atom is -0.456 e. The van der Waals surface area contributed by atoms with Gasteiger partial charge in [0.1, 0.15) is 6.10 Å². The predicted molar refractivity (Wildman–Crippen MR) is 113 cm³/mol. The van der Waals surface area contributed by atoms with Crippen LogP contribution in [0.25, 0.3) is 10.9 Å². The molecular weight excluding hydrogens is 418 g/mol. The molecule has 1 aliphatic rings. The molecule has 5 atom stereocenters. The third-order valence-corrected chi connectivity index (χ3v) is 5.12. The Kier molecular flexibility index (Phi) is 7.42. The predicted octanol–water partition coefficient (Wildman–Crippen LogP) is 2.25. The molecule has 1 saturated heterocycles. The molecule has 0 amide bonds. The second kappa shape index (κ2) is 10.1. The van der Waals surface area contributed by atoms with Crippen molar-refractivity contribution in [1.82, 2.24) is 4.98 Å². The number of methoxy groups -OCH3 is 1. The highest BCUT2D eigenvalue weighted by molar-refractivity contribution is 5.82. The van der Waals surface area contributed by atoms with Gasteiger partial charge in [-0.25, -0.2) is 0 Å². The van der Waals surface area contributed by atoms with Crippen LogP contribution >= 0.6 is 0 Å². The lowest BCUT2D eigenvalue weighted by molar-refractivity contribution is -0.297. The number of rotatable bonds is 6. The maximum Gasteiger partial charge on any atom is 0.303 e. The van der Waals surface area contributed by atoms with Crippen molar-refractivity contribution < 1.29 is 38.1 Å². The molecule has 172 valence electrons. The number of hydrogen-bond donors (Lipinski definition) is 0. The Hall–Kier alpha value is -3.04. The second-order valence-corrected chi connectivity index (χ2v) is 7.65. The van der Waals surface area contributed by atoms with Crippen LogP contribution in [0.4, 0.5) is 0 Å². The Labute approximate surface area is 185 Å². The van der Waals surface area contributed by atoms with Crippen LogP contribution in [-0.4, -0.2) is 60.7 Å². The molecule has 3 rings (SSSR count). The lowest BCUT2D eigenvalue weighted by Crippen LogP contribution is -2.62. The summed E-state index contributed by atoms with van der Waals surface area (Å²) in [7, 11) is 1.38. The van der Waals surface area contributed by atoms with Gasteiger partial charge in [-0.1, -0.05) is 18.2 Å². The van der Waals surface area contributed by atoms with Gasteiger partial charge in [0.25, 0.3) is 0 Å². The van der Waals surface area contributed by atoms with Gasteiger partial charge in [-0.15, -0.1) is 0 Å². The zero-order valence-electron chi connectivity index (χ0n) is 18.7. The van der Waals surface area contributed by atoms with Crippen LogP contribution < -0.4 is 0 Å². The number of nitrogens with zero attached hydrogens (tertiary/aromatic N) is 1. The third kappa shape index (κ3) is 5.41. The molecule has 1 aliphatic heterocycles. The van der Waals surface area contributed by atoms with Crippen molar-refractivity contribution in [3.63, 3.8) is 0 Å². The average molecular weight is 445 g/mol. The quantitative estimate of drug-likeness (QED) is 0.488. The van der Waals surface area contributed by atoms with Crippen LogP contribution in [0.5, 0.6) is 0 Å². The number of fused-ring (bicyclic) bond motifs is 1. The molecule has 1 aromatic heterocycles. The van der Waals surface area contributed by atoms with Gasteiger partial charge in [-0.2, -0.15) is 0 Å². The molecule has 0 radical (unpaired) electrons. The first-order valence-corrected chi connectivity index (χ1v) is 10.2. The van der Waals surface area contributed by atoms with E-state index in [9.17, 15) is 14.4 Å². The molecule has 9 heteroatoms. The van der Waals surface area contributed by atoms with E-state index in [1.54, 1.807) is 0 Å². The Morgan fingerprint density at radius 3 is 2.16 bits per heavy atom. The maximum absolute atomic E-state index is 11.9. The average Bonchev–Trinajstić information content (AvgIpc) is 2.71. The normalized spacial score (nSPS) is 25.2. The van der Waals surface area contributed by atoms with E-state index in [0.29, 0.717) is 5.69 Å². The van der Waals surface area contributed by atoms with Crippen LogP contribution in [0.3, 0.4) is 0 Å². The number of ether oxygens (including phenoxy) is 5. The highest BCUT2D eigenvalue weighted by Gasteiger charge is 2.52. The van der Waals surface area contributed by atoms with Crippen molar-refractivity contribution in [1.29, 1.82) is 0 Å². The third-order valence-electron chi connectivity index (χ3n) is 5.12. The number of para-hydroxylation sites is 1. The largest absolute Gasteiger partial charge is 0.456 e. The van der Waals surface area contributed by atoms with Crippen LogP contribution in [0.15, 0.2) is 30.3 Å². The molecule has 0 aliphatic carbocycles. The van der Waals surface area contributed by atoms with E-state index in [0.717, 1.165) is 16.5 Å². The van der Waals surface area contributed by atoms with E-state index in [1.165, 1.54) is 27.9 Å². The smallest absolute Gasteiger partial charge is 0.303 e. The fraction of sp³-hybridized carbons (Fsp3) is 0.478. The van der Waals surface area contributed by atoms with E-state index in [1.807, 2.05) is 37.3 Å². The van der Waals surface area contributed by atoms with E-state index >= 15 is 0 Å². The molecule has 0 saturated carbocycles. The monoisotopic (exact) mass is 445 g/mol. The summed E-state index contributed by atoms with van der Waals surface area (Å²) in [5.41, 5.74) is 2.55. The zero-order chi connectivity index (χ0) is 23.4. The second-order valence-electron chi connectivity index (χ2n) is 7.65. The number of hydrogen-bond acceptors (Lipinski definition) is 9. The van der Waals surface area contributed by atoms with Crippen molar-refractivity contribution in [2.75, 3.05) is 7.11 Å². The first-order valence-electron chi connectivity index (χ1n) is 10.2. The number of carbonyl (C=O) groups is 3. The van der Waals surface area contributed by atoms with Crippen LogP contribution in [0.1, 0.15) is 32.0 Å². The number of aryl methyl sites for hydroxylation is 1. The highest BCUT2D eigenvalue weighted by Crippen LogP contribution is 2.31. The summed E-state index contributed by atoms with van der Waals surface area (Å²) >= 11 is 0. The van der Waals surface area contributed by atoms with Crippen LogP contribution in [-0.2, 0) is 44.5 Å². The summed E-state index contributed by atoms with van der Waals surface area (Å²) in [5.74, 6) is -1.84. The van der Waals surface area contributed by atoms with Gasteiger partial charge in [-0.05, 0) is 24.6 Å². The molecule has 32 heavy (non-hydrogen) atoms. The number of carbonyl (C=O) groups excluding carboxylic acids is 3. The number of pyridine rings is 1. The van der Waals surface area contributed by atoms with E-state index in [2.05, 4.69) is 0 Å². The van der Waals surface area contributed by atoms with Gasteiger partial charge in [0.15, 0.2) is 24.6 Å². The van der Waals surface area contributed by atoms with Gasteiger partial charge < -0.3 is 23.7 Å². The summed E-state index contributed by atoms with van der Waals surface area (Å²) in [4.78, 5) is 40.1. The topological polar surface area (TPSA) is 110 Å². The van der Waals surface area contributed by atoms with Crippen LogP contribution in [0.2, 0.25) is 0 Å². The van der Waals surface area contributed by atoms with Crippen molar-refractivity contribution >= 4 is 28.8 Å². The first kappa shape index (κ1) is 23.6. The molecule has 9 nitrogen and oxygen atoms in total. The highest BCUT2D eigenvalue weighted by atomic mass is 16.7. The zero-order valence-corrected chi connectivity index (χ0v) is 18.7. The van der Waals surface area contributed by atoms with Gasteiger partial charge in [0, 0.05) is 45.4 Å². The molecule has 0 N–H and O–H groups in total. The van der Waals surface area contributed by atoms with Gasteiger partial charge in [-0.3, -0.25) is 19.4 Å². The van der Waals surface area contributed by atoms with Crippen molar-refractivity contribution in [2.45, 2.75) is 64.8 Å². The van der Waals surface area contributed by atoms with Crippen molar-refractivity contribution in [2.24, 2.45) is 0 Å². The number of aromatic nitrogens is 1.